The number of benzene rings is 1. The number of carboxylic acid groups (broad SMARTS) is 1. The second kappa shape index (κ2) is 9.23. The summed E-state index contributed by atoms with van der Waals surface area (Å²) in [7, 11) is 0. The van der Waals surface area contributed by atoms with Crippen LogP contribution in [-0.2, 0) is 4.79 Å². The Hall–Kier alpha value is -2.55. The Kier molecular flexibility index (Phi) is 7.02. The Morgan fingerprint density at radius 1 is 1.31 bits per heavy atom. The van der Waals surface area contributed by atoms with Crippen LogP contribution >= 0.6 is 11.8 Å². The molecule has 1 aromatic heterocycles. The van der Waals surface area contributed by atoms with E-state index in [0.29, 0.717) is 18.0 Å². The van der Waals surface area contributed by atoms with Crippen molar-refractivity contribution in [1.29, 1.82) is 0 Å². The summed E-state index contributed by atoms with van der Waals surface area (Å²) < 4.78 is 7.20. The van der Waals surface area contributed by atoms with Crippen LogP contribution in [0, 0.1) is 6.92 Å². The number of amides is 1. The van der Waals surface area contributed by atoms with Gasteiger partial charge in [0.1, 0.15) is 5.75 Å². The van der Waals surface area contributed by atoms with Crippen molar-refractivity contribution >= 4 is 23.6 Å². The van der Waals surface area contributed by atoms with Gasteiger partial charge in [0.15, 0.2) is 5.69 Å². The van der Waals surface area contributed by atoms with Crippen LogP contribution in [0.15, 0.2) is 24.3 Å². The molecule has 0 atom stereocenters. The lowest BCUT2D eigenvalue weighted by atomic mass is 10.2. The van der Waals surface area contributed by atoms with E-state index in [1.54, 1.807) is 11.6 Å². The lowest BCUT2D eigenvalue weighted by molar-refractivity contribution is -0.133. The van der Waals surface area contributed by atoms with Crippen LogP contribution in [0.2, 0.25) is 0 Å². The number of aromatic nitrogens is 3. The summed E-state index contributed by atoms with van der Waals surface area (Å²) >= 11 is 1.24. The molecule has 0 fully saturated rings. The third-order valence-electron chi connectivity index (χ3n) is 3.32. The predicted molar refractivity (Wildman–Crippen MR) is 99.2 cm³/mol. The zero-order valence-corrected chi connectivity index (χ0v) is 15.7. The van der Waals surface area contributed by atoms with Gasteiger partial charge in [-0.3, -0.25) is 9.59 Å². The second-order valence-corrected chi connectivity index (χ2v) is 6.90. The van der Waals surface area contributed by atoms with Gasteiger partial charge in [0, 0.05) is 12.3 Å². The van der Waals surface area contributed by atoms with Crippen LogP contribution in [0.25, 0.3) is 5.69 Å². The van der Waals surface area contributed by atoms with Crippen LogP contribution in [0.1, 0.15) is 30.0 Å². The summed E-state index contributed by atoms with van der Waals surface area (Å²) in [5.74, 6) is 0.0946. The zero-order valence-electron chi connectivity index (χ0n) is 14.9. The van der Waals surface area contributed by atoms with E-state index in [9.17, 15) is 9.59 Å². The number of hydrogen-bond donors (Lipinski definition) is 2. The molecule has 1 amide bonds. The molecule has 0 spiro atoms. The van der Waals surface area contributed by atoms with E-state index in [2.05, 4.69) is 15.6 Å². The number of rotatable bonds is 9. The Balaban J connectivity index is 1.98. The fourth-order valence-electron chi connectivity index (χ4n) is 2.20. The van der Waals surface area contributed by atoms with Crippen molar-refractivity contribution in [2.75, 3.05) is 18.1 Å². The molecule has 0 bridgehead atoms. The van der Waals surface area contributed by atoms with E-state index in [0.717, 1.165) is 11.4 Å². The molecular weight excluding hydrogens is 356 g/mol. The van der Waals surface area contributed by atoms with Gasteiger partial charge in [-0.2, -0.15) is 0 Å². The Morgan fingerprint density at radius 2 is 2.00 bits per heavy atom. The first-order chi connectivity index (χ1) is 12.4. The Morgan fingerprint density at radius 3 is 2.62 bits per heavy atom. The SMILES string of the molecule is Cc1c(C(=O)NCCSCC(=O)O)nnn1-c1ccc(OC(C)C)cc1. The van der Waals surface area contributed by atoms with Crippen LogP contribution in [-0.4, -0.2) is 56.1 Å². The maximum atomic E-state index is 12.2. The maximum absolute atomic E-state index is 12.2. The Bertz CT molecular complexity index is 759. The number of carbonyl (C=O) groups excluding carboxylic acids is 1. The Labute approximate surface area is 155 Å². The molecule has 1 aromatic carbocycles. The molecule has 1 heterocycles. The molecule has 0 saturated heterocycles. The normalized spacial score (nSPS) is 10.8. The van der Waals surface area contributed by atoms with Crippen LogP contribution in [0.3, 0.4) is 0 Å². The topological polar surface area (TPSA) is 106 Å². The fraction of sp³-hybridized carbons (Fsp3) is 0.412. The van der Waals surface area contributed by atoms with Gasteiger partial charge in [0.2, 0.25) is 0 Å². The summed E-state index contributed by atoms with van der Waals surface area (Å²) in [6, 6.07) is 7.39. The summed E-state index contributed by atoms with van der Waals surface area (Å²) in [4.78, 5) is 22.6. The molecule has 9 heteroatoms. The van der Waals surface area contributed by atoms with Gasteiger partial charge in [0.05, 0.1) is 23.2 Å². The van der Waals surface area contributed by atoms with Gasteiger partial charge in [-0.25, -0.2) is 4.68 Å². The number of carboxylic acids is 1. The van der Waals surface area contributed by atoms with Crippen molar-refractivity contribution in [3.63, 3.8) is 0 Å². The van der Waals surface area contributed by atoms with Gasteiger partial charge in [-0.05, 0) is 45.0 Å². The van der Waals surface area contributed by atoms with E-state index in [4.69, 9.17) is 9.84 Å². The maximum Gasteiger partial charge on any atom is 0.313 e. The quantitative estimate of drug-likeness (QED) is 0.642. The van der Waals surface area contributed by atoms with E-state index in [-0.39, 0.29) is 23.5 Å². The van der Waals surface area contributed by atoms with Gasteiger partial charge in [-0.15, -0.1) is 16.9 Å². The molecule has 0 saturated carbocycles. The zero-order chi connectivity index (χ0) is 19.1. The van der Waals surface area contributed by atoms with E-state index >= 15 is 0 Å². The summed E-state index contributed by atoms with van der Waals surface area (Å²) in [5, 5.41) is 19.3. The predicted octanol–water partition coefficient (Wildman–Crippen LogP) is 1.91. The first-order valence-corrected chi connectivity index (χ1v) is 9.31. The van der Waals surface area contributed by atoms with Gasteiger partial charge < -0.3 is 15.2 Å². The monoisotopic (exact) mass is 378 g/mol. The first-order valence-electron chi connectivity index (χ1n) is 8.15. The standard InChI is InChI=1S/C17H22N4O4S/c1-11(2)25-14-6-4-13(5-7-14)21-12(3)16(19-20-21)17(24)18-8-9-26-10-15(22)23/h4-7,11H,8-10H2,1-3H3,(H,18,24)(H,22,23). The minimum atomic E-state index is -0.870. The number of thioether (sulfide) groups is 1. The molecule has 0 aliphatic carbocycles. The van der Waals surface area contributed by atoms with Gasteiger partial charge in [-0.1, -0.05) is 5.21 Å². The minimum Gasteiger partial charge on any atom is -0.491 e. The average molecular weight is 378 g/mol. The highest BCUT2D eigenvalue weighted by Crippen LogP contribution is 2.18. The van der Waals surface area contributed by atoms with Gasteiger partial charge >= 0.3 is 5.97 Å². The highest BCUT2D eigenvalue weighted by atomic mass is 32.2. The van der Waals surface area contributed by atoms with Crippen LogP contribution < -0.4 is 10.1 Å². The van der Waals surface area contributed by atoms with Crippen LogP contribution in [0.4, 0.5) is 0 Å². The summed E-state index contributed by atoms with van der Waals surface area (Å²) in [6.07, 6.45) is 0.0953. The van der Waals surface area contributed by atoms with Crippen molar-refractivity contribution in [3.8, 4) is 11.4 Å². The largest absolute Gasteiger partial charge is 0.491 e. The van der Waals surface area contributed by atoms with Crippen molar-refractivity contribution in [2.24, 2.45) is 0 Å². The molecule has 0 radical (unpaired) electrons. The molecule has 0 unspecified atom stereocenters. The van der Waals surface area contributed by atoms with Crippen LogP contribution in [0.5, 0.6) is 5.75 Å². The van der Waals surface area contributed by atoms with Crippen molar-refractivity contribution < 1.29 is 19.4 Å². The summed E-state index contributed by atoms with van der Waals surface area (Å²) in [5.41, 5.74) is 1.65. The van der Waals surface area contributed by atoms with E-state index < -0.39 is 5.97 Å². The fourth-order valence-corrected chi connectivity index (χ4v) is 2.77. The third-order valence-corrected chi connectivity index (χ3v) is 4.26. The minimum absolute atomic E-state index is 0.0155. The molecule has 2 N–H and O–H groups in total. The van der Waals surface area contributed by atoms with Crippen molar-refractivity contribution in [1.82, 2.24) is 20.3 Å². The smallest absolute Gasteiger partial charge is 0.313 e. The number of aliphatic carboxylic acids is 1. The second-order valence-electron chi connectivity index (χ2n) is 5.80. The number of hydrogen-bond acceptors (Lipinski definition) is 6. The molecule has 2 aromatic rings. The molecule has 8 nitrogen and oxygen atoms in total. The molecule has 140 valence electrons. The van der Waals surface area contributed by atoms with E-state index in [1.165, 1.54) is 11.8 Å². The highest BCUT2D eigenvalue weighted by Gasteiger charge is 2.17. The highest BCUT2D eigenvalue weighted by molar-refractivity contribution is 7.99. The number of nitrogens with zero attached hydrogens (tertiary/aromatic N) is 3. The first kappa shape index (κ1) is 19.8. The van der Waals surface area contributed by atoms with Crippen molar-refractivity contribution in [3.05, 3.63) is 35.7 Å². The van der Waals surface area contributed by atoms with E-state index in [1.807, 2.05) is 38.1 Å². The molecule has 0 aliphatic rings. The molecule has 0 aliphatic heterocycles. The number of nitrogens with one attached hydrogen (secondary N) is 1. The number of carbonyl (C=O) groups is 2. The lowest BCUT2D eigenvalue weighted by Gasteiger charge is -2.10. The summed E-state index contributed by atoms with van der Waals surface area (Å²) in [6.45, 7) is 6.05. The van der Waals surface area contributed by atoms with Crippen molar-refractivity contribution in [2.45, 2.75) is 26.9 Å². The average Bonchev–Trinajstić information content (AvgIpc) is 2.96. The third kappa shape index (κ3) is 5.48. The lowest BCUT2D eigenvalue weighted by Crippen LogP contribution is -2.27. The molecule has 26 heavy (non-hydrogen) atoms. The molecule has 2 rings (SSSR count). The van der Waals surface area contributed by atoms with Gasteiger partial charge in [0.25, 0.3) is 5.91 Å². The number of ether oxygens (including phenoxy) is 1. The molecular formula is C17H22N4O4S.